The van der Waals surface area contributed by atoms with Gasteiger partial charge in [0.25, 0.3) is 0 Å². The zero-order valence-electron chi connectivity index (χ0n) is 17.8. The topological polar surface area (TPSA) is 75.7 Å². The van der Waals surface area contributed by atoms with E-state index in [1.165, 1.54) is 12.8 Å². The Morgan fingerprint density at radius 2 is 1.87 bits per heavy atom. The second kappa shape index (κ2) is 7.68. The van der Waals surface area contributed by atoms with Gasteiger partial charge in [0.05, 0.1) is 17.9 Å². The number of nitrogens with zero attached hydrogens (tertiary/aromatic N) is 7. The standard InChI is InChI=1S/C22H28N8/c1-4-17-12-25-22-24-11-15(14-29(17)22)19-9-10-30-20(19)13-23-21(27-30)26-16-5-7-18(8-6-16)28(2)3/h9-14,16,18H,4-8H2,1-3H3,(H,26,27)/t16-,18+. The Bertz CT molecular complexity index is 1170. The minimum atomic E-state index is 0.439. The third-order valence-electron chi connectivity index (χ3n) is 6.29. The van der Waals surface area contributed by atoms with E-state index in [4.69, 9.17) is 5.10 Å². The molecule has 0 aromatic carbocycles. The summed E-state index contributed by atoms with van der Waals surface area (Å²) in [5.41, 5.74) is 4.22. The van der Waals surface area contributed by atoms with Gasteiger partial charge in [-0.1, -0.05) is 6.92 Å². The summed E-state index contributed by atoms with van der Waals surface area (Å²) < 4.78 is 3.95. The molecule has 0 amide bonds. The molecule has 1 saturated carbocycles. The molecule has 0 saturated heterocycles. The Morgan fingerprint density at radius 3 is 2.63 bits per heavy atom. The molecule has 0 spiro atoms. The van der Waals surface area contributed by atoms with Crippen LogP contribution in [0, 0.1) is 0 Å². The fourth-order valence-electron chi connectivity index (χ4n) is 4.45. The first kappa shape index (κ1) is 19.0. The normalized spacial score (nSPS) is 19.7. The summed E-state index contributed by atoms with van der Waals surface area (Å²) in [4.78, 5) is 15.8. The van der Waals surface area contributed by atoms with E-state index >= 15 is 0 Å². The lowest BCUT2D eigenvalue weighted by Crippen LogP contribution is -2.36. The van der Waals surface area contributed by atoms with Gasteiger partial charge < -0.3 is 10.2 Å². The molecular weight excluding hydrogens is 376 g/mol. The highest BCUT2D eigenvalue weighted by atomic mass is 15.3. The molecule has 0 bridgehead atoms. The highest BCUT2D eigenvalue weighted by Gasteiger charge is 2.23. The van der Waals surface area contributed by atoms with Crippen molar-refractivity contribution in [3.05, 3.63) is 42.7 Å². The van der Waals surface area contributed by atoms with Crippen molar-refractivity contribution in [2.24, 2.45) is 0 Å². The first-order chi connectivity index (χ1) is 14.6. The molecule has 156 valence electrons. The zero-order valence-corrected chi connectivity index (χ0v) is 17.8. The van der Waals surface area contributed by atoms with Crippen LogP contribution in [0.4, 0.5) is 5.95 Å². The van der Waals surface area contributed by atoms with Crippen LogP contribution in [0.2, 0.25) is 0 Å². The number of fused-ring (bicyclic) bond motifs is 2. The molecule has 0 atom stereocenters. The third kappa shape index (κ3) is 3.41. The van der Waals surface area contributed by atoms with E-state index in [9.17, 15) is 0 Å². The molecule has 1 N–H and O–H groups in total. The lowest BCUT2D eigenvalue weighted by Gasteiger charge is -2.32. The SMILES string of the molecule is CCc1cnc2ncc(-c3ccn4nc(N[C@H]5CC[C@@H](N(C)C)CC5)ncc34)cn12. The Kier molecular flexibility index (Phi) is 4.86. The average molecular weight is 405 g/mol. The number of aryl methyl sites for hydroxylation is 1. The van der Waals surface area contributed by atoms with Crippen LogP contribution < -0.4 is 5.32 Å². The maximum atomic E-state index is 4.70. The summed E-state index contributed by atoms with van der Waals surface area (Å²) in [6.07, 6.45) is 15.4. The van der Waals surface area contributed by atoms with Gasteiger partial charge in [-0.05, 0) is 52.3 Å². The molecule has 0 unspecified atom stereocenters. The van der Waals surface area contributed by atoms with Gasteiger partial charge in [-0.3, -0.25) is 4.40 Å². The molecular formula is C22H28N8. The minimum Gasteiger partial charge on any atom is -0.350 e. The van der Waals surface area contributed by atoms with Crippen molar-refractivity contribution >= 4 is 17.2 Å². The molecule has 5 rings (SSSR count). The number of nitrogens with one attached hydrogen (secondary N) is 1. The predicted molar refractivity (Wildman–Crippen MR) is 118 cm³/mol. The minimum absolute atomic E-state index is 0.439. The van der Waals surface area contributed by atoms with E-state index < -0.39 is 0 Å². The number of hydrogen-bond donors (Lipinski definition) is 1. The van der Waals surface area contributed by atoms with E-state index in [1.54, 1.807) is 0 Å². The Balaban J connectivity index is 1.38. The molecule has 8 nitrogen and oxygen atoms in total. The number of aromatic nitrogens is 6. The quantitative estimate of drug-likeness (QED) is 0.550. The van der Waals surface area contributed by atoms with Gasteiger partial charge in [0.2, 0.25) is 11.7 Å². The summed E-state index contributed by atoms with van der Waals surface area (Å²) >= 11 is 0. The van der Waals surface area contributed by atoms with Gasteiger partial charge in [0.1, 0.15) is 0 Å². The molecule has 0 radical (unpaired) electrons. The molecule has 0 aliphatic heterocycles. The highest BCUT2D eigenvalue weighted by Crippen LogP contribution is 2.27. The summed E-state index contributed by atoms with van der Waals surface area (Å²) in [5, 5.41) is 8.23. The predicted octanol–water partition coefficient (Wildman–Crippen LogP) is 3.29. The Morgan fingerprint density at radius 1 is 1.07 bits per heavy atom. The Hall–Kier alpha value is -3.00. The monoisotopic (exact) mass is 404 g/mol. The van der Waals surface area contributed by atoms with Crippen LogP contribution in [0.1, 0.15) is 38.3 Å². The van der Waals surface area contributed by atoms with Crippen LogP contribution >= 0.6 is 0 Å². The first-order valence-electron chi connectivity index (χ1n) is 10.7. The van der Waals surface area contributed by atoms with Crippen LogP contribution in [0.3, 0.4) is 0 Å². The molecule has 8 heteroatoms. The Labute approximate surface area is 176 Å². The van der Waals surface area contributed by atoms with Crippen LogP contribution in [-0.2, 0) is 6.42 Å². The van der Waals surface area contributed by atoms with Gasteiger partial charge in [-0.15, -0.1) is 5.10 Å². The van der Waals surface area contributed by atoms with Crippen molar-refractivity contribution in [3.8, 4) is 11.1 Å². The number of hydrogen-bond acceptors (Lipinski definition) is 6. The van der Waals surface area contributed by atoms with Gasteiger partial charge in [0, 0.05) is 47.5 Å². The van der Waals surface area contributed by atoms with Crippen molar-refractivity contribution in [1.82, 2.24) is 33.9 Å². The third-order valence-corrected chi connectivity index (χ3v) is 6.29. The maximum absolute atomic E-state index is 4.70. The van der Waals surface area contributed by atoms with Crippen molar-refractivity contribution < 1.29 is 0 Å². The lowest BCUT2D eigenvalue weighted by atomic mass is 9.91. The lowest BCUT2D eigenvalue weighted by molar-refractivity contribution is 0.221. The summed E-state index contributed by atoms with van der Waals surface area (Å²) in [6.45, 7) is 2.12. The average Bonchev–Trinajstić information content (AvgIpc) is 3.37. The van der Waals surface area contributed by atoms with Gasteiger partial charge >= 0.3 is 0 Å². The summed E-state index contributed by atoms with van der Waals surface area (Å²) in [7, 11) is 4.34. The molecule has 1 aliphatic carbocycles. The number of imidazole rings is 1. The number of rotatable bonds is 5. The van der Waals surface area contributed by atoms with Crippen LogP contribution in [0.5, 0.6) is 0 Å². The van der Waals surface area contributed by atoms with E-state index in [2.05, 4.69) is 62.9 Å². The second-order valence-electron chi connectivity index (χ2n) is 8.37. The van der Waals surface area contributed by atoms with Crippen LogP contribution in [-0.4, -0.2) is 60.0 Å². The molecule has 30 heavy (non-hydrogen) atoms. The van der Waals surface area contributed by atoms with E-state index in [-0.39, 0.29) is 0 Å². The summed E-state index contributed by atoms with van der Waals surface area (Å²) in [5.74, 6) is 1.42. The van der Waals surface area contributed by atoms with Gasteiger partial charge in [-0.2, -0.15) is 0 Å². The molecule has 4 aromatic rings. The van der Waals surface area contributed by atoms with Crippen molar-refractivity contribution in [3.63, 3.8) is 0 Å². The van der Waals surface area contributed by atoms with Gasteiger partial charge in [-0.25, -0.2) is 19.5 Å². The molecule has 4 aromatic heterocycles. The molecule has 1 aliphatic rings. The van der Waals surface area contributed by atoms with E-state index in [1.807, 2.05) is 29.3 Å². The van der Waals surface area contributed by atoms with Crippen molar-refractivity contribution in [1.29, 1.82) is 0 Å². The van der Waals surface area contributed by atoms with Crippen LogP contribution in [0.25, 0.3) is 22.4 Å². The van der Waals surface area contributed by atoms with E-state index in [0.717, 1.165) is 47.4 Å². The van der Waals surface area contributed by atoms with Gasteiger partial charge in [0.15, 0.2) is 0 Å². The second-order valence-corrected chi connectivity index (χ2v) is 8.37. The highest BCUT2D eigenvalue weighted by molar-refractivity contribution is 5.79. The zero-order chi connectivity index (χ0) is 20.7. The van der Waals surface area contributed by atoms with Crippen LogP contribution in [0.15, 0.2) is 37.1 Å². The van der Waals surface area contributed by atoms with Crippen molar-refractivity contribution in [2.45, 2.75) is 51.1 Å². The smallest absolute Gasteiger partial charge is 0.241 e. The fraction of sp³-hybridized carbons (Fsp3) is 0.455. The van der Waals surface area contributed by atoms with Crippen molar-refractivity contribution in [2.75, 3.05) is 19.4 Å². The number of anilines is 1. The largest absolute Gasteiger partial charge is 0.350 e. The summed E-state index contributed by atoms with van der Waals surface area (Å²) in [6, 6.07) is 3.20. The fourth-order valence-corrected chi connectivity index (χ4v) is 4.45. The molecule has 4 heterocycles. The molecule has 1 fully saturated rings. The maximum Gasteiger partial charge on any atom is 0.241 e. The van der Waals surface area contributed by atoms with E-state index in [0.29, 0.717) is 18.0 Å². The first-order valence-corrected chi connectivity index (χ1v) is 10.7.